The highest BCUT2D eigenvalue weighted by Crippen LogP contribution is 2.35. The summed E-state index contributed by atoms with van der Waals surface area (Å²) in [6.07, 6.45) is 7.64. The molecule has 3 nitrogen and oxygen atoms in total. The topological polar surface area (TPSA) is 43.4 Å². The van der Waals surface area contributed by atoms with Crippen molar-refractivity contribution < 1.29 is 14.3 Å². The molecule has 1 aliphatic carbocycles. The minimum atomic E-state index is -0.600. The lowest BCUT2D eigenvalue weighted by Gasteiger charge is -2.22. The lowest BCUT2D eigenvalue weighted by atomic mass is 9.92. The van der Waals surface area contributed by atoms with Crippen molar-refractivity contribution in [3.05, 3.63) is 65.0 Å². The van der Waals surface area contributed by atoms with E-state index in [0.717, 1.165) is 23.1 Å². The number of allylic oxidation sites excluding steroid dienone is 6. The Labute approximate surface area is 110 Å². The fraction of sp³-hybridized carbons (Fsp3) is 0.125. The Morgan fingerprint density at radius 2 is 2.11 bits per heavy atom. The van der Waals surface area contributed by atoms with E-state index in [9.17, 15) is 9.59 Å². The van der Waals surface area contributed by atoms with Gasteiger partial charge in [0, 0.05) is 12.0 Å². The average Bonchev–Trinajstić information content (AvgIpc) is 2.99. The van der Waals surface area contributed by atoms with E-state index in [2.05, 4.69) is 0 Å². The molecule has 3 rings (SSSR count). The number of hydrogen-bond acceptors (Lipinski definition) is 3. The van der Waals surface area contributed by atoms with Crippen LogP contribution in [0, 0.1) is 0 Å². The van der Waals surface area contributed by atoms with Crippen LogP contribution in [0.1, 0.15) is 12.0 Å². The molecule has 0 saturated carbocycles. The van der Waals surface area contributed by atoms with Crippen LogP contribution in [0.3, 0.4) is 0 Å². The molecule has 0 aromatic heterocycles. The van der Waals surface area contributed by atoms with E-state index in [0.29, 0.717) is 18.5 Å². The molecule has 0 bridgehead atoms. The summed E-state index contributed by atoms with van der Waals surface area (Å²) in [7, 11) is 0. The number of carbonyl (C=O) groups is 2. The molecular weight excluding hydrogens is 240 g/mol. The molecule has 2 aliphatic rings. The van der Waals surface area contributed by atoms with Gasteiger partial charge in [0.15, 0.2) is 12.0 Å². The fourth-order valence-corrected chi connectivity index (χ4v) is 2.37. The summed E-state index contributed by atoms with van der Waals surface area (Å²) in [4.78, 5) is 22.5. The Morgan fingerprint density at radius 1 is 1.26 bits per heavy atom. The predicted octanol–water partition coefficient (Wildman–Crippen LogP) is 2.53. The zero-order valence-corrected chi connectivity index (χ0v) is 10.3. The summed E-state index contributed by atoms with van der Waals surface area (Å²) in [5, 5.41) is 0. The molecule has 94 valence electrons. The lowest BCUT2D eigenvalue weighted by molar-refractivity contribution is -0.128. The van der Waals surface area contributed by atoms with Gasteiger partial charge in [-0.15, -0.1) is 0 Å². The minimum Gasteiger partial charge on any atom is -0.453 e. The second kappa shape index (κ2) is 4.69. The van der Waals surface area contributed by atoms with Crippen LogP contribution >= 0.6 is 0 Å². The third-order valence-corrected chi connectivity index (χ3v) is 3.32. The van der Waals surface area contributed by atoms with Gasteiger partial charge in [0.1, 0.15) is 5.75 Å². The molecule has 1 aromatic rings. The maximum absolute atomic E-state index is 11.7. The SMILES string of the molecule is O=CC(=O)C1=C(C2=CC=CC2)Cc2ccccc2O1. The van der Waals surface area contributed by atoms with Crippen molar-refractivity contribution in [1.82, 2.24) is 0 Å². The molecule has 1 aromatic carbocycles. The van der Waals surface area contributed by atoms with E-state index >= 15 is 0 Å². The van der Waals surface area contributed by atoms with Crippen molar-refractivity contribution in [1.29, 1.82) is 0 Å². The van der Waals surface area contributed by atoms with E-state index in [-0.39, 0.29) is 5.76 Å². The molecule has 0 fully saturated rings. The number of ether oxygens (including phenoxy) is 1. The highest BCUT2D eigenvalue weighted by molar-refractivity contribution is 6.32. The maximum atomic E-state index is 11.7. The number of para-hydroxylation sites is 1. The van der Waals surface area contributed by atoms with E-state index in [4.69, 9.17) is 4.74 Å². The van der Waals surface area contributed by atoms with Crippen LogP contribution < -0.4 is 4.74 Å². The number of hydrogen-bond donors (Lipinski definition) is 0. The Balaban J connectivity index is 2.07. The van der Waals surface area contributed by atoms with Crippen molar-refractivity contribution in [2.45, 2.75) is 12.8 Å². The zero-order valence-electron chi connectivity index (χ0n) is 10.3. The first-order chi connectivity index (χ1) is 9.29. The van der Waals surface area contributed by atoms with E-state index < -0.39 is 5.78 Å². The number of Topliss-reactive ketones (excluding diaryl/α,β-unsaturated/α-hetero) is 1. The molecule has 1 heterocycles. The minimum absolute atomic E-state index is 0.170. The molecule has 0 amide bonds. The third kappa shape index (κ3) is 2.03. The molecule has 0 saturated heterocycles. The third-order valence-electron chi connectivity index (χ3n) is 3.32. The van der Waals surface area contributed by atoms with Gasteiger partial charge in [0.25, 0.3) is 5.78 Å². The monoisotopic (exact) mass is 252 g/mol. The molecule has 0 unspecified atom stereocenters. The van der Waals surface area contributed by atoms with Gasteiger partial charge in [-0.25, -0.2) is 0 Å². The fourth-order valence-electron chi connectivity index (χ4n) is 2.37. The van der Waals surface area contributed by atoms with E-state index in [1.807, 2.05) is 42.5 Å². The van der Waals surface area contributed by atoms with Crippen molar-refractivity contribution in [2.24, 2.45) is 0 Å². The van der Waals surface area contributed by atoms with E-state index in [1.165, 1.54) is 0 Å². The van der Waals surface area contributed by atoms with Gasteiger partial charge in [-0.3, -0.25) is 9.59 Å². The Hall–Kier alpha value is -2.42. The maximum Gasteiger partial charge on any atom is 0.260 e. The average molecular weight is 252 g/mol. The van der Waals surface area contributed by atoms with E-state index in [1.54, 1.807) is 0 Å². The number of aldehydes is 1. The predicted molar refractivity (Wildman–Crippen MR) is 70.7 cm³/mol. The molecule has 0 radical (unpaired) electrons. The Morgan fingerprint density at radius 3 is 2.84 bits per heavy atom. The largest absolute Gasteiger partial charge is 0.453 e. The van der Waals surface area contributed by atoms with Crippen molar-refractivity contribution in [2.75, 3.05) is 0 Å². The first-order valence-corrected chi connectivity index (χ1v) is 6.14. The van der Waals surface area contributed by atoms with Crippen molar-refractivity contribution >= 4 is 12.1 Å². The molecular formula is C16H12O3. The van der Waals surface area contributed by atoms with Gasteiger partial charge in [-0.2, -0.15) is 0 Å². The molecule has 0 atom stereocenters. The first kappa shape index (κ1) is 11.7. The second-order valence-electron chi connectivity index (χ2n) is 4.50. The quantitative estimate of drug-likeness (QED) is 0.613. The van der Waals surface area contributed by atoms with Crippen LogP contribution in [0.25, 0.3) is 0 Å². The standard InChI is InChI=1S/C16H12O3/c17-10-14(18)16-13(11-5-1-2-6-11)9-12-7-3-4-8-15(12)19-16/h1-5,7-8,10H,6,9H2. The van der Waals surface area contributed by atoms with Crippen LogP contribution in [0.15, 0.2) is 59.4 Å². The number of ketones is 1. The van der Waals surface area contributed by atoms with Gasteiger partial charge in [0.05, 0.1) is 0 Å². The van der Waals surface area contributed by atoms with Gasteiger partial charge < -0.3 is 4.74 Å². The van der Waals surface area contributed by atoms with Crippen molar-refractivity contribution in [3.63, 3.8) is 0 Å². The molecule has 3 heteroatoms. The number of fused-ring (bicyclic) bond motifs is 1. The molecule has 19 heavy (non-hydrogen) atoms. The molecule has 0 spiro atoms. The summed E-state index contributed by atoms with van der Waals surface area (Å²) in [6.45, 7) is 0. The lowest BCUT2D eigenvalue weighted by Crippen LogP contribution is -2.19. The zero-order chi connectivity index (χ0) is 13.2. The Kier molecular flexibility index (Phi) is 2.88. The van der Waals surface area contributed by atoms with Gasteiger partial charge in [-0.1, -0.05) is 36.4 Å². The van der Waals surface area contributed by atoms with Crippen LogP contribution in [0.5, 0.6) is 5.75 Å². The van der Waals surface area contributed by atoms with Gasteiger partial charge in [-0.05, 0) is 23.6 Å². The molecule has 1 aliphatic heterocycles. The number of rotatable bonds is 3. The summed E-state index contributed by atoms with van der Waals surface area (Å²) in [6, 6.07) is 7.57. The summed E-state index contributed by atoms with van der Waals surface area (Å²) >= 11 is 0. The smallest absolute Gasteiger partial charge is 0.260 e. The summed E-state index contributed by atoms with van der Waals surface area (Å²) < 4.78 is 5.64. The first-order valence-electron chi connectivity index (χ1n) is 6.14. The highest BCUT2D eigenvalue weighted by Gasteiger charge is 2.26. The second-order valence-corrected chi connectivity index (χ2v) is 4.50. The summed E-state index contributed by atoms with van der Waals surface area (Å²) in [5.41, 5.74) is 2.90. The van der Waals surface area contributed by atoms with Crippen molar-refractivity contribution in [3.8, 4) is 5.75 Å². The van der Waals surface area contributed by atoms with Crippen LogP contribution in [0.2, 0.25) is 0 Å². The van der Waals surface area contributed by atoms with Crippen LogP contribution in [-0.2, 0) is 16.0 Å². The van der Waals surface area contributed by atoms with Gasteiger partial charge in [0.2, 0.25) is 0 Å². The van der Waals surface area contributed by atoms with Crippen LogP contribution in [-0.4, -0.2) is 12.1 Å². The normalized spacial score (nSPS) is 16.7. The highest BCUT2D eigenvalue weighted by atomic mass is 16.5. The summed E-state index contributed by atoms with van der Waals surface area (Å²) in [5.74, 6) is 0.226. The Bertz CT molecular complexity index is 648. The number of benzene rings is 1. The van der Waals surface area contributed by atoms with Gasteiger partial charge >= 0.3 is 0 Å². The number of carbonyl (C=O) groups excluding carboxylic acids is 2. The van der Waals surface area contributed by atoms with Crippen LogP contribution in [0.4, 0.5) is 0 Å². The molecule has 0 N–H and O–H groups in total.